The fourth-order valence-corrected chi connectivity index (χ4v) is 2.09. The van der Waals surface area contributed by atoms with Crippen LogP contribution in [0.2, 0.25) is 0 Å². The lowest BCUT2D eigenvalue weighted by Crippen LogP contribution is -2.05. The molecule has 0 aliphatic heterocycles. The molecule has 2 heterocycles. The van der Waals surface area contributed by atoms with E-state index in [0.717, 1.165) is 0 Å². The first-order valence-electron chi connectivity index (χ1n) is 6.60. The van der Waals surface area contributed by atoms with Gasteiger partial charge in [0.2, 0.25) is 0 Å². The molecule has 0 fully saturated rings. The van der Waals surface area contributed by atoms with Crippen molar-refractivity contribution in [1.82, 2.24) is 9.38 Å². The minimum absolute atomic E-state index is 0.132. The number of rotatable bonds is 4. The van der Waals surface area contributed by atoms with E-state index >= 15 is 0 Å². The van der Waals surface area contributed by atoms with Crippen molar-refractivity contribution in [1.29, 1.82) is 0 Å². The van der Waals surface area contributed by atoms with Gasteiger partial charge in [-0.15, -0.1) is 0 Å². The highest BCUT2D eigenvalue weighted by Crippen LogP contribution is 2.18. The maximum absolute atomic E-state index is 13.5. The molecule has 0 bridgehead atoms. The van der Waals surface area contributed by atoms with Crippen molar-refractivity contribution in [3.8, 4) is 5.75 Å². The van der Waals surface area contributed by atoms with Crippen LogP contribution < -0.4 is 4.74 Å². The van der Waals surface area contributed by atoms with Gasteiger partial charge in [-0.25, -0.2) is 14.2 Å². The third kappa shape index (κ3) is 2.63. The van der Waals surface area contributed by atoms with Crippen LogP contribution in [-0.4, -0.2) is 22.5 Å². The zero-order chi connectivity index (χ0) is 15.5. The topological polar surface area (TPSA) is 52.8 Å². The van der Waals surface area contributed by atoms with E-state index < -0.39 is 11.8 Å². The molecule has 3 aromatic rings. The summed E-state index contributed by atoms with van der Waals surface area (Å²) in [5.74, 6) is -0.690. The van der Waals surface area contributed by atoms with Gasteiger partial charge in [-0.05, 0) is 24.3 Å². The molecule has 0 saturated carbocycles. The van der Waals surface area contributed by atoms with Crippen molar-refractivity contribution in [2.24, 2.45) is 0 Å². The largest absolute Gasteiger partial charge is 0.484 e. The molecule has 0 aliphatic rings. The van der Waals surface area contributed by atoms with Crippen molar-refractivity contribution < 1.29 is 18.7 Å². The minimum Gasteiger partial charge on any atom is -0.484 e. The fourth-order valence-electron chi connectivity index (χ4n) is 2.09. The Labute approximate surface area is 125 Å². The molecule has 112 valence electrons. The lowest BCUT2D eigenvalue weighted by molar-refractivity contribution is 0.0600. The average molecular weight is 300 g/mol. The SMILES string of the molecule is COC(=O)c1ccc2ncc(COc3ccccc3F)n2c1. The van der Waals surface area contributed by atoms with Crippen LogP contribution in [-0.2, 0) is 11.3 Å². The number of aromatic nitrogens is 2. The molecule has 1 aromatic carbocycles. The van der Waals surface area contributed by atoms with Crippen LogP contribution in [0.4, 0.5) is 4.39 Å². The number of pyridine rings is 1. The second kappa shape index (κ2) is 5.85. The number of imidazole rings is 1. The van der Waals surface area contributed by atoms with Gasteiger partial charge in [0.25, 0.3) is 0 Å². The van der Waals surface area contributed by atoms with Gasteiger partial charge in [0.1, 0.15) is 12.3 Å². The second-order valence-electron chi connectivity index (χ2n) is 4.61. The third-order valence-corrected chi connectivity index (χ3v) is 3.22. The number of carbonyl (C=O) groups excluding carboxylic acids is 1. The zero-order valence-electron chi connectivity index (χ0n) is 11.8. The number of benzene rings is 1. The Morgan fingerprint density at radius 3 is 2.86 bits per heavy atom. The van der Waals surface area contributed by atoms with Crippen LogP contribution in [0.15, 0.2) is 48.8 Å². The van der Waals surface area contributed by atoms with Gasteiger partial charge in [0.05, 0.1) is 24.6 Å². The van der Waals surface area contributed by atoms with Crippen molar-refractivity contribution in [2.75, 3.05) is 7.11 Å². The average Bonchev–Trinajstić information content (AvgIpc) is 2.95. The number of halogens is 1. The standard InChI is InChI=1S/C16H13FN2O3/c1-21-16(20)11-6-7-15-18-8-12(19(15)9-11)10-22-14-5-3-2-4-13(14)17/h2-9H,10H2,1H3. The van der Waals surface area contributed by atoms with E-state index in [0.29, 0.717) is 16.9 Å². The molecule has 0 saturated heterocycles. The van der Waals surface area contributed by atoms with Crippen LogP contribution in [0.1, 0.15) is 16.1 Å². The molecule has 0 unspecified atom stereocenters. The van der Waals surface area contributed by atoms with E-state index in [9.17, 15) is 9.18 Å². The number of hydrogen-bond acceptors (Lipinski definition) is 4. The number of para-hydroxylation sites is 1. The molecule has 2 aromatic heterocycles. The molecule has 0 aliphatic carbocycles. The first-order chi connectivity index (χ1) is 10.7. The zero-order valence-corrected chi connectivity index (χ0v) is 11.8. The van der Waals surface area contributed by atoms with Gasteiger partial charge >= 0.3 is 5.97 Å². The number of nitrogens with zero attached hydrogens (tertiary/aromatic N) is 2. The lowest BCUT2D eigenvalue weighted by atomic mass is 10.3. The highest BCUT2D eigenvalue weighted by molar-refractivity contribution is 5.89. The Hall–Kier alpha value is -2.89. The summed E-state index contributed by atoms with van der Waals surface area (Å²) >= 11 is 0. The second-order valence-corrected chi connectivity index (χ2v) is 4.61. The number of ether oxygens (including phenoxy) is 2. The summed E-state index contributed by atoms with van der Waals surface area (Å²) in [6, 6.07) is 9.52. The van der Waals surface area contributed by atoms with Crippen molar-refractivity contribution >= 4 is 11.6 Å². The predicted octanol–water partition coefficient (Wildman–Crippen LogP) is 2.84. The quantitative estimate of drug-likeness (QED) is 0.695. The number of hydrogen-bond donors (Lipinski definition) is 0. The molecule has 22 heavy (non-hydrogen) atoms. The molecule has 3 rings (SSSR count). The van der Waals surface area contributed by atoms with Gasteiger partial charge in [-0.1, -0.05) is 12.1 Å². The first kappa shape index (κ1) is 14.1. The summed E-state index contributed by atoms with van der Waals surface area (Å²) in [6.45, 7) is 0.132. The van der Waals surface area contributed by atoms with Gasteiger partial charge in [-0.3, -0.25) is 4.40 Å². The summed E-state index contributed by atoms with van der Waals surface area (Å²) in [5.41, 5.74) is 1.77. The first-order valence-corrected chi connectivity index (χ1v) is 6.60. The van der Waals surface area contributed by atoms with Crippen molar-refractivity contribution in [3.05, 3.63) is 65.9 Å². The predicted molar refractivity (Wildman–Crippen MR) is 77.3 cm³/mol. The Bertz CT molecular complexity index is 829. The van der Waals surface area contributed by atoms with Crippen LogP contribution in [0, 0.1) is 5.82 Å². The van der Waals surface area contributed by atoms with Crippen molar-refractivity contribution in [3.63, 3.8) is 0 Å². The minimum atomic E-state index is -0.434. The van der Waals surface area contributed by atoms with E-state index in [4.69, 9.17) is 9.47 Å². The van der Waals surface area contributed by atoms with Crippen molar-refractivity contribution in [2.45, 2.75) is 6.61 Å². The van der Waals surface area contributed by atoms with Gasteiger partial charge < -0.3 is 9.47 Å². The molecule has 0 atom stereocenters. The third-order valence-electron chi connectivity index (χ3n) is 3.22. The maximum atomic E-state index is 13.5. The Kier molecular flexibility index (Phi) is 3.74. The van der Waals surface area contributed by atoms with Crippen LogP contribution in [0.25, 0.3) is 5.65 Å². The summed E-state index contributed by atoms with van der Waals surface area (Å²) in [7, 11) is 1.32. The van der Waals surface area contributed by atoms with E-state index in [1.54, 1.807) is 47.1 Å². The normalized spacial score (nSPS) is 10.6. The molecule has 6 heteroatoms. The van der Waals surface area contributed by atoms with E-state index in [1.165, 1.54) is 13.2 Å². The summed E-state index contributed by atoms with van der Waals surface area (Å²) in [4.78, 5) is 15.8. The van der Waals surface area contributed by atoms with Gasteiger partial charge in [0.15, 0.2) is 11.6 Å². The van der Waals surface area contributed by atoms with Gasteiger partial charge in [-0.2, -0.15) is 0 Å². The molecule has 0 amide bonds. The maximum Gasteiger partial charge on any atom is 0.339 e. The Morgan fingerprint density at radius 1 is 1.27 bits per heavy atom. The van der Waals surface area contributed by atoms with Crippen LogP contribution in [0.3, 0.4) is 0 Å². The molecule has 0 radical (unpaired) electrons. The summed E-state index contributed by atoms with van der Waals surface area (Å²) in [6.07, 6.45) is 3.24. The van der Waals surface area contributed by atoms with Crippen LogP contribution >= 0.6 is 0 Å². The molecule has 0 N–H and O–H groups in total. The smallest absolute Gasteiger partial charge is 0.339 e. The Balaban J connectivity index is 1.87. The Morgan fingerprint density at radius 2 is 2.09 bits per heavy atom. The molecule has 5 nitrogen and oxygen atoms in total. The number of carbonyl (C=O) groups is 1. The summed E-state index contributed by atoms with van der Waals surface area (Å²) < 4.78 is 25.4. The monoisotopic (exact) mass is 300 g/mol. The molecule has 0 spiro atoms. The number of esters is 1. The molecular formula is C16H13FN2O3. The highest BCUT2D eigenvalue weighted by atomic mass is 19.1. The number of methoxy groups -OCH3 is 1. The van der Waals surface area contributed by atoms with E-state index in [2.05, 4.69) is 4.98 Å². The van der Waals surface area contributed by atoms with E-state index in [1.807, 2.05) is 0 Å². The highest BCUT2D eigenvalue weighted by Gasteiger charge is 2.10. The van der Waals surface area contributed by atoms with E-state index in [-0.39, 0.29) is 12.4 Å². The molecular weight excluding hydrogens is 287 g/mol. The fraction of sp³-hybridized carbons (Fsp3) is 0.125. The lowest BCUT2D eigenvalue weighted by Gasteiger charge is -2.07. The number of fused-ring (bicyclic) bond motifs is 1. The van der Waals surface area contributed by atoms with Crippen LogP contribution in [0.5, 0.6) is 5.75 Å². The summed E-state index contributed by atoms with van der Waals surface area (Å²) in [5, 5.41) is 0. The van der Waals surface area contributed by atoms with Gasteiger partial charge in [0, 0.05) is 6.20 Å².